The second-order valence-corrected chi connectivity index (χ2v) is 6.72. The van der Waals surface area contributed by atoms with Crippen molar-refractivity contribution in [2.24, 2.45) is 0 Å². The van der Waals surface area contributed by atoms with Crippen molar-refractivity contribution in [3.63, 3.8) is 0 Å². The molecule has 0 aliphatic carbocycles. The Kier molecular flexibility index (Phi) is 4.03. The van der Waals surface area contributed by atoms with Gasteiger partial charge in [-0.25, -0.2) is 17.2 Å². The summed E-state index contributed by atoms with van der Waals surface area (Å²) in [6.07, 6.45) is 0.473. The van der Waals surface area contributed by atoms with Gasteiger partial charge in [0.05, 0.1) is 0 Å². The van der Waals surface area contributed by atoms with Crippen molar-refractivity contribution in [1.29, 1.82) is 0 Å². The van der Waals surface area contributed by atoms with Crippen molar-refractivity contribution < 1.29 is 27.1 Å². The number of carboxylic acids is 1. The fourth-order valence-corrected chi connectivity index (χ4v) is 4.74. The lowest BCUT2D eigenvalue weighted by Gasteiger charge is -2.32. The van der Waals surface area contributed by atoms with Crippen LogP contribution in [-0.2, 0) is 14.8 Å². The zero-order valence-corrected chi connectivity index (χ0v) is 12.2. The van der Waals surface area contributed by atoms with Crippen LogP contribution in [-0.4, -0.2) is 35.9 Å². The van der Waals surface area contributed by atoms with Crippen molar-refractivity contribution in [1.82, 2.24) is 4.31 Å². The van der Waals surface area contributed by atoms with Gasteiger partial charge < -0.3 is 5.11 Å². The van der Waals surface area contributed by atoms with Crippen LogP contribution in [0.4, 0.5) is 8.78 Å². The lowest BCUT2D eigenvalue weighted by atomic mass is 9.95. The highest BCUT2D eigenvalue weighted by Gasteiger charge is 2.53. The lowest BCUT2D eigenvalue weighted by Crippen LogP contribution is -2.52. The van der Waals surface area contributed by atoms with Crippen LogP contribution in [0.5, 0.6) is 0 Å². The predicted octanol–water partition coefficient (Wildman–Crippen LogP) is 1.98. The highest BCUT2D eigenvalue weighted by Crippen LogP contribution is 2.38. The molecular weight excluding hydrogens is 304 g/mol. The van der Waals surface area contributed by atoms with E-state index in [1.165, 1.54) is 0 Å². The van der Waals surface area contributed by atoms with E-state index in [4.69, 9.17) is 0 Å². The summed E-state index contributed by atoms with van der Waals surface area (Å²) in [5.74, 6) is -3.75. The highest BCUT2D eigenvalue weighted by molar-refractivity contribution is 7.89. The molecule has 1 atom stereocenters. The maximum absolute atomic E-state index is 13.8. The summed E-state index contributed by atoms with van der Waals surface area (Å²) in [4.78, 5) is 10.4. The molecule has 1 aliphatic heterocycles. The molecule has 1 saturated heterocycles. The first kappa shape index (κ1) is 15.8. The topological polar surface area (TPSA) is 74.7 Å². The van der Waals surface area contributed by atoms with Gasteiger partial charge in [0.25, 0.3) is 0 Å². The van der Waals surface area contributed by atoms with Crippen LogP contribution in [0.25, 0.3) is 0 Å². The molecule has 0 radical (unpaired) electrons. The number of hydrogen-bond acceptors (Lipinski definition) is 3. The van der Waals surface area contributed by atoms with Gasteiger partial charge in [-0.2, -0.15) is 4.31 Å². The summed E-state index contributed by atoms with van der Waals surface area (Å²) in [6.45, 7) is 1.47. The van der Waals surface area contributed by atoms with E-state index in [-0.39, 0.29) is 19.4 Å². The van der Waals surface area contributed by atoms with Crippen LogP contribution in [0, 0.1) is 11.6 Å². The van der Waals surface area contributed by atoms with Crippen molar-refractivity contribution in [2.75, 3.05) is 6.54 Å². The molecule has 5 nitrogen and oxygen atoms in total. The maximum Gasteiger partial charge on any atom is 0.325 e. The quantitative estimate of drug-likeness (QED) is 0.921. The number of benzene rings is 1. The number of aliphatic carboxylic acids is 1. The number of halogens is 2. The number of nitrogens with zero attached hydrogens (tertiary/aromatic N) is 1. The third-order valence-electron chi connectivity index (χ3n) is 3.88. The SMILES string of the molecule is CCC1(C(=O)O)CCCN1S(=O)(=O)c1c(F)cccc1F. The monoisotopic (exact) mass is 319 g/mol. The van der Waals surface area contributed by atoms with E-state index in [0.717, 1.165) is 18.2 Å². The molecule has 2 rings (SSSR count). The van der Waals surface area contributed by atoms with E-state index >= 15 is 0 Å². The second kappa shape index (κ2) is 5.34. The van der Waals surface area contributed by atoms with Crippen molar-refractivity contribution in [3.8, 4) is 0 Å². The first-order valence-corrected chi connectivity index (χ1v) is 7.91. The average Bonchev–Trinajstić information content (AvgIpc) is 2.84. The molecule has 1 fully saturated rings. The standard InChI is InChI=1S/C13H15F2NO4S/c1-2-13(12(17)18)7-4-8-16(13)21(19,20)11-9(14)5-3-6-10(11)15/h3,5-6H,2,4,7-8H2,1H3,(H,17,18). The second-order valence-electron chi connectivity index (χ2n) is 4.92. The van der Waals surface area contributed by atoms with Gasteiger partial charge in [-0.05, 0) is 31.4 Å². The van der Waals surface area contributed by atoms with E-state index in [9.17, 15) is 27.1 Å². The van der Waals surface area contributed by atoms with Crippen LogP contribution in [0.1, 0.15) is 26.2 Å². The van der Waals surface area contributed by atoms with Crippen LogP contribution in [0.2, 0.25) is 0 Å². The Labute approximate surface area is 121 Å². The minimum absolute atomic E-state index is 0.0254. The van der Waals surface area contributed by atoms with Crippen molar-refractivity contribution in [2.45, 2.75) is 36.6 Å². The Balaban J connectivity index is 2.61. The number of rotatable bonds is 4. The summed E-state index contributed by atoms with van der Waals surface area (Å²) in [5, 5.41) is 9.39. The number of hydrogen-bond donors (Lipinski definition) is 1. The van der Waals surface area contributed by atoms with Gasteiger partial charge in [-0.1, -0.05) is 13.0 Å². The first-order chi connectivity index (χ1) is 9.77. The fourth-order valence-electron chi connectivity index (χ4n) is 2.76. The van der Waals surface area contributed by atoms with Gasteiger partial charge >= 0.3 is 5.97 Å². The predicted molar refractivity (Wildman–Crippen MR) is 70.1 cm³/mol. The zero-order valence-electron chi connectivity index (χ0n) is 11.3. The number of carbonyl (C=O) groups is 1. The summed E-state index contributed by atoms with van der Waals surface area (Å²) < 4.78 is 53.3. The average molecular weight is 319 g/mol. The van der Waals surface area contributed by atoms with E-state index in [2.05, 4.69) is 0 Å². The van der Waals surface area contributed by atoms with Gasteiger partial charge in [0.1, 0.15) is 17.2 Å². The molecule has 0 saturated carbocycles. The van der Waals surface area contributed by atoms with E-state index in [1.54, 1.807) is 6.92 Å². The molecule has 1 aromatic carbocycles. The molecule has 116 valence electrons. The molecule has 0 bridgehead atoms. The number of carboxylic acid groups (broad SMARTS) is 1. The number of sulfonamides is 1. The van der Waals surface area contributed by atoms with E-state index in [1.807, 2.05) is 0 Å². The first-order valence-electron chi connectivity index (χ1n) is 6.47. The zero-order chi connectivity index (χ0) is 15.8. The summed E-state index contributed by atoms with van der Waals surface area (Å²) >= 11 is 0. The molecule has 8 heteroatoms. The maximum atomic E-state index is 13.8. The van der Waals surface area contributed by atoms with E-state index in [0.29, 0.717) is 10.7 Å². The molecule has 0 amide bonds. The molecule has 1 aliphatic rings. The van der Waals surface area contributed by atoms with Crippen LogP contribution in [0.3, 0.4) is 0 Å². The summed E-state index contributed by atoms with van der Waals surface area (Å²) in [6, 6.07) is 2.72. The molecular formula is C13H15F2NO4S. The minimum atomic E-state index is -4.56. The Hall–Kier alpha value is -1.54. The van der Waals surface area contributed by atoms with Crippen LogP contribution < -0.4 is 0 Å². The molecule has 1 unspecified atom stereocenters. The molecule has 0 aromatic heterocycles. The van der Waals surface area contributed by atoms with Gasteiger partial charge in [0.15, 0.2) is 4.90 Å². The fraction of sp³-hybridized carbons (Fsp3) is 0.462. The Morgan fingerprint density at radius 3 is 2.43 bits per heavy atom. The lowest BCUT2D eigenvalue weighted by molar-refractivity contribution is -0.147. The molecule has 21 heavy (non-hydrogen) atoms. The van der Waals surface area contributed by atoms with E-state index < -0.39 is 38.1 Å². The molecule has 1 N–H and O–H groups in total. The normalized spacial score (nSPS) is 23.4. The molecule has 0 spiro atoms. The largest absolute Gasteiger partial charge is 0.480 e. The third kappa shape index (κ3) is 2.32. The molecule has 1 aromatic rings. The Morgan fingerprint density at radius 2 is 1.95 bits per heavy atom. The van der Waals surface area contributed by atoms with Crippen LogP contribution >= 0.6 is 0 Å². The van der Waals surface area contributed by atoms with Gasteiger partial charge in [0, 0.05) is 6.54 Å². The smallest absolute Gasteiger partial charge is 0.325 e. The summed E-state index contributed by atoms with van der Waals surface area (Å²) in [5.41, 5.74) is -1.65. The van der Waals surface area contributed by atoms with Crippen molar-refractivity contribution >= 4 is 16.0 Å². The van der Waals surface area contributed by atoms with Crippen molar-refractivity contribution in [3.05, 3.63) is 29.8 Å². The minimum Gasteiger partial charge on any atom is -0.480 e. The Morgan fingerprint density at radius 1 is 1.38 bits per heavy atom. The highest BCUT2D eigenvalue weighted by atomic mass is 32.2. The third-order valence-corrected chi connectivity index (χ3v) is 5.90. The molecule has 1 heterocycles. The van der Waals surface area contributed by atoms with Gasteiger partial charge in [0.2, 0.25) is 10.0 Å². The Bertz CT molecular complexity index is 656. The van der Waals surface area contributed by atoms with Crippen LogP contribution in [0.15, 0.2) is 23.1 Å². The summed E-state index contributed by atoms with van der Waals surface area (Å²) in [7, 11) is -4.56. The van der Waals surface area contributed by atoms with Gasteiger partial charge in [-0.3, -0.25) is 4.79 Å². The van der Waals surface area contributed by atoms with Gasteiger partial charge in [-0.15, -0.1) is 0 Å².